The predicted octanol–water partition coefficient (Wildman–Crippen LogP) is 1.95. The summed E-state index contributed by atoms with van der Waals surface area (Å²) >= 11 is 0. The van der Waals surface area contributed by atoms with Gasteiger partial charge in [0, 0.05) is 26.2 Å². The van der Waals surface area contributed by atoms with E-state index >= 15 is 0 Å². The summed E-state index contributed by atoms with van der Waals surface area (Å²) in [5, 5.41) is 3.03. The molecule has 2 aromatic rings. The average molecular weight is 316 g/mol. The molecule has 0 radical (unpaired) electrons. The molecule has 3 rings (SSSR count). The van der Waals surface area contributed by atoms with E-state index in [0.717, 1.165) is 29.5 Å². The van der Waals surface area contributed by atoms with Gasteiger partial charge < -0.3 is 14.3 Å². The molecule has 6 nitrogen and oxygen atoms in total. The van der Waals surface area contributed by atoms with Crippen LogP contribution in [0.4, 0.5) is 0 Å². The second kappa shape index (κ2) is 6.20. The lowest BCUT2D eigenvalue weighted by molar-refractivity contribution is -0.124. The Morgan fingerprint density at radius 3 is 2.91 bits per heavy atom. The zero-order valence-corrected chi connectivity index (χ0v) is 14.2. The number of furan rings is 1. The highest BCUT2D eigenvalue weighted by Crippen LogP contribution is 2.28. The van der Waals surface area contributed by atoms with E-state index in [0.29, 0.717) is 13.1 Å². The van der Waals surface area contributed by atoms with Crippen LogP contribution in [-0.2, 0) is 24.9 Å². The Morgan fingerprint density at radius 1 is 1.48 bits per heavy atom. The Kier molecular flexibility index (Phi) is 4.26. The van der Waals surface area contributed by atoms with Gasteiger partial charge in [-0.2, -0.15) is 0 Å². The number of aryl methyl sites for hydroxylation is 2. The lowest BCUT2D eigenvalue weighted by Gasteiger charge is -2.32. The zero-order chi connectivity index (χ0) is 16.6. The highest BCUT2D eigenvalue weighted by Gasteiger charge is 2.34. The van der Waals surface area contributed by atoms with Gasteiger partial charge in [-0.3, -0.25) is 9.69 Å². The lowest BCUT2D eigenvalue weighted by Crippen LogP contribution is -2.43. The van der Waals surface area contributed by atoms with Crippen LogP contribution in [0, 0.1) is 6.92 Å². The molecule has 0 saturated heterocycles. The Balaban J connectivity index is 1.83. The van der Waals surface area contributed by atoms with Crippen molar-refractivity contribution in [2.45, 2.75) is 45.8 Å². The van der Waals surface area contributed by atoms with Crippen LogP contribution in [0.2, 0.25) is 0 Å². The highest BCUT2D eigenvalue weighted by atomic mass is 16.3. The Bertz CT molecular complexity index is 701. The molecule has 0 unspecified atom stereocenters. The summed E-state index contributed by atoms with van der Waals surface area (Å²) in [6, 6.07) is 4.09. The van der Waals surface area contributed by atoms with Crippen LogP contribution in [-0.4, -0.2) is 32.9 Å². The van der Waals surface area contributed by atoms with Gasteiger partial charge in [0.1, 0.15) is 11.5 Å². The number of hydrogen-bond donors (Lipinski definition) is 1. The highest BCUT2D eigenvalue weighted by molar-refractivity contribution is 5.84. The number of amides is 1. The number of fused-ring (bicyclic) bond motifs is 1. The van der Waals surface area contributed by atoms with Crippen molar-refractivity contribution in [3.63, 3.8) is 0 Å². The molecule has 0 aliphatic carbocycles. The first kappa shape index (κ1) is 15.8. The van der Waals surface area contributed by atoms with E-state index in [4.69, 9.17) is 4.42 Å². The minimum absolute atomic E-state index is 0.0603. The Morgan fingerprint density at radius 2 is 2.26 bits per heavy atom. The van der Waals surface area contributed by atoms with Gasteiger partial charge in [0.25, 0.3) is 0 Å². The number of nitrogens with one attached hydrogen (secondary N) is 1. The topological polar surface area (TPSA) is 63.3 Å². The summed E-state index contributed by atoms with van der Waals surface area (Å²) < 4.78 is 7.64. The van der Waals surface area contributed by atoms with Crippen molar-refractivity contribution >= 4 is 5.91 Å². The maximum absolute atomic E-state index is 12.6. The van der Waals surface area contributed by atoms with Gasteiger partial charge in [0.15, 0.2) is 0 Å². The number of rotatable bonds is 4. The minimum Gasteiger partial charge on any atom is -0.465 e. The van der Waals surface area contributed by atoms with Gasteiger partial charge in [-0.15, -0.1) is 0 Å². The minimum atomic E-state index is -0.204. The van der Waals surface area contributed by atoms with Gasteiger partial charge in [0.05, 0.1) is 30.2 Å². The lowest BCUT2D eigenvalue weighted by atomic mass is 9.96. The number of nitrogens with zero attached hydrogens (tertiary/aromatic N) is 3. The van der Waals surface area contributed by atoms with Crippen LogP contribution in [0.5, 0.6) is 0 Å². The molecule has 124 valence electrons. The molecule has 0 saturated carbocycles. The molecule has 1 N–H and O–H groups in total. The van der Waals surface area contributed by atoms with Crippen molar-refractivity contribution in [2.24, 2.45) is 7.05 Å². The van der Waals surface area contributed by atoms with Crippen molar-refractivity contribution in [1.29, 1.82) is 0 Å². The maximum atomic E-state index is 12.6. The zero-order valence-electron chi connectivity index (χ0n) is 14.2. The van der Waals surface area contributed by atoms with Gasteiger partial charge >= 0.3 is 0 Å². The van der Waals surface area contributed by atoms with Crippen LogP contribution in [0.3, 0.4) is 0 Å². The molecule has 0 spiro atoms. The molecule has 3 heterocycles. The fraction of sp³-hybridized carbons (Fsp3) is 0.529. The second-order valence-electron chi connectivity index (χ2n) is 6.59. The van der Waals surface area contributed by atoms with Gasteiger partial charge in [-0.05, 0) is 32.9 Å². The van der Waals surface area contributed by atoms with E-state index in [-0.39, 0.29) is 17.9 Å². The third kappa shape index (κ3) is 3.32. The molecule has 2 aromatic heterocycles. The van der Waals surface area contributed by atoms with Crippen molar-refractivity contribution in [1.82, 2.24) is 19.8 Å². The Labute approximate surface area is 136 Å². The predicted molar refractivity (Wildman–Crippen MR) is 86.8 cm³/mol. The van der Waals surface area contributed by atoms with E-state index in [1.807, 2.05) is 44.5 Å². The van der Waals surface area contributed by atoms with Gasteiger partial charge in [-0.1, -0.05) is 0 Å². The van der Waals surface area contributed by atoms with Crippen molar-refractivity contribution < 1.29 is 9.21 Å². The van der Waals surface area contributed by atoms with E-state index in [1.54, 1.807) is 6.33 Å². The van der Waals surface area contributed by atoms with Crippen LogP contribution in [0.1, 0.15) is 42.7 Å². The van der Waals surface area contributed by atoms with Gasteiger partial charge in [-0.25, -0.2) is 4.98 Å². The molecule has 0 fully saturated rings. The van der Waals surface area contributed by atoms with Crippen LogP contribution in [0.25, 0.3) is 0 Å². The largest absolute Gasteiger partial charge is 0.465 e. The van der Waals surface area contributed by atoms with E-state index < -0.39 is 0 Å². The number of carbonyl (C=O) groups is 1. The SMILES string of the molecule is Cc1ccc(CN2Cc3ncn(C)c3[C@H](C(=O)NC(C)C)C2)o1. The first-order valence-electron chi connectivity index (χ1n) is 8.02. The van der Waals surface area contributed by atoms with E-state index in [1.165, 1.54) is 0 Å². The monoisotopic (exact) mass is 316 g/mol. The normalized spacial score (nSPS) is 18.2. The molecule has 0 bridgehead atoms. The smallest absolute Gasteiger partial charge is 0.230 e. The maximum Gasteiger partial charge on any atom is 0.230 e. The molecule has 23 heavy (non-hydrogen) atoms. The third-order valence-corrected chi connectivity index (χ3v) is 4.13. The van der Waals surface area contributed by atoms with E-state index in [2.05, 4.69) is 15.2 Å². The summed E-state index contributed by atoms with van der Waals surface area (Å²) in [6.45, 7) is 8.00. The van der Waals surface area contributed by atoms with E-state index in [9.17, 15) is 4.79 Å². The number of carbonyl (C=O) groups excluding carboxylic acids is 1. The molecule has 1 aliphatic rings. The standard InChI is InChI=1S/C17H24N4O2/c1-11(2)19-17(22)14-8-21(7-13-6-5-12(3)23-13)9-15-16(14)20(4)10-18-15/h5-6,10-11,14H,7-9H2,1-4H3,(H,19,22)/t14-/m1/s1. The third-order valence-electron chi connectivity index (χ3n) is 4.13. The van der Waals surface area contributed by atoms with Crippen LogP contribution < -0.4 is 5.32 Å². The quantitative estimate of drug-likeness (QED) is 0.936. The summed E-state index contributed by atoms with van der Waals surface area (Å²) in [6.07, 6.45) is 1.79. The first-order valence-corrected chi connectivity index (χ1v) is 8.02. The molecule has 1 atom stereocenters. The number of imidazole rings is 1. The van der Waals surface area contributed by atoms with Crippen molar-refractivity contribution in [3.8, 4) is 0 Å². The summed E-state index contributed by atoms with van der Waals surface area (Å²) in [7, 11) is 1.95. The van der Waals surface area contributed by atoms with Crippen molar-refractivity contribution in [2.75, 3.05) is 6.54 Å². The summed E-state index contributed by atoms with van der Waals surface area (Å²) in [5.74, 6) is 1.68. The molecule has 6 heteroatoms. The Hall–Kier alpha value is -2.08. The molecule has 1 amide bonds. The van der Waals surface area contributed by atoms with Crippen LogP contribution in [0.15, 0.2) is 22.9 Å². The summed E-state index contributed by atoms with van der Waals surface area (Å²) in [4.78, 5) is 19.3. The van der Waals surface area contributed by atoms with Crippen LogP contribution >= 0.6 is 0 Å². The number of hydrogen-bond acceptors (Lipinski definition) is 4. The molecular formula is C17H24N4O2. The molecular weight excluding hydrogens is 292 g/mol. The molecule has 1 aliphatic heterocycles. The first-order chi connectivity index (χ1) is 10.9. The summed E-state index contributed by atoms with van der Waals surface area (Å²) in [5.41, 5.74) is 2.00. The average Bonchev–Trinajstić information content (AvgIpc) is 3.04. The second-order valence-corrected chi connectivity index (χ2v) is 6.59. The molecule has 0 aromatic carbocycles. The fourth-order valence-electron chi connectivity index (χ4n) is 3.18. The van der Waals surface area contributed by atoms with Gasteiger partial charge in [0.2, 0.25) is 5.91 Å². The fourth-order valence-corrected chi connectivity index (χ4v) is 3.18. The number of aromatic nitrogens is 2. The van der Waals surface area contributed by atoms with Crippen molar-refractivity contribution in [3.05, 3.63) is 41.4 Å².